The molecule has 1 fully saturated rings. The smallest absolute Gasteiger partial charge is 0.193 e. The lowest BCUT2D eigenvalue weighted by Crippen LogP contribution is -2.38. The van der Waals surface area contributed by atoms with Crippen molar-refractivity contribution in [3.63, 3.8) is 0 Å². The number of nitrogens with one attached hydrogen (secondary N) is 1. The van der Waals surface area contributed by atoms with E-state index in [1.165, 1.54) is 12.1 Å². The Kier molecular flexibility index (Phi) is 5.98. The van der Waals surface area contributed by atoms with Crippen LogP contribution in [0, 0.1) is 11.7 Å². The van der Waals surface area contributed by atoms with E-state index >= 15 is 0 Å². The first-order chi connectivity index (χ1) is 10.9. The van der Waals surface area contributed by atoms with Crippen molar-refractivity contribution in [2.75, 3.05) is 31.6 Å². The SMILES string of the molecule is CCNC(=NCC1CCS(=O)(=O)C1)N(C)Cc1ccc(F)cc1. The zero-order valence-corrected chi connectivity index (χ0v) is 14.4. The van der Waals surface area contributed by atoms with Crippen molar-refractivity contribution in [2.45, 2.75) is 19.9 Å². The number of guanidine groups is 1. The Hall–Kier alpha value is -1.63. The molecule has 1 atom stereocenters. The largest absolute Gasteiger partial charge is 0.357 e. The first kappa shape index (κ1) is 17.7. The summed E-state index contributed by atoms with van der Waals surface area (Å²) < 4.78 is 36.0. The molecule has 1 aromatic rings. The molecule has 1 saturated heterocycles. The molecule has 2 rings (SSSR count). The molecule has 0 radical (unpaired) electrons. The van der Waals surface area contributed by atoms with Gasteiger partial charge in [-0.2, -0.15) is 0 Å². The summed E-state index contributed by atoms with van der Waals surface area (Å²) in [6, 6.07) is 6.38. The normalized spacial score (nSPS) is 20.5. The molecule has 0 saturated carbocycles. The van der Waals surface area contributed by atoms with Crippen LogP contribution in [0.5, 0.6) is 0 Å². The molecule has 1 N–H and O–H groups in total. The van der Waals surface area contributed by atoms with Gasteiger partial charge in [0, 0.05) is 26.7 Å². The van der Waals surface area contributed by atoms with Crippen LogP contribution in [0.15, 0.2) is 29.3 Å². The predicted octanol–water partition coefficient (Wildman–Crippen LogP) is 1.66. The van der Waals surface area contributed by atoms with Crippen LogP contribution >= 0.6 is 0 Å². The van der Waals surface area contributed by atoms with Gasteiger partial charge in [-0.1, -0.05) is 12.1 Å². The van der Waals surface area contributed by atoms with E-state index in [0.29, 0.717) is 19.5 Å². The maximum atomic E-state index is 13.0. The monoisotopic (exact) mass is 341 g/mol. The van der Waals surface area contributed by atoms with Crippen molar-refractivity contribution in [1.29, 1.82) is 0 Å². The Labute approximate surface area is 137 Å². The Morgan fingerprint density at radius 1 is 1.39 bits per heavy atom. The van der Waals surface area contributed by atoms with Gasteiger partial charge in [-0.3, -0.25) is 4.99 Å². The molecule has 1 unspecified atom stereocenters. The van der Waals surface area contributed by atoms with Crippen molar-refractivity contribution in [1.82, 2.24) is 10.2 Å². The topological polar surface area (TPSA) is 61.8 Å². The Balaban J connectivity index is 1.98. The highest BCUT2D eigenvalue weighted by Crippen LogP contribution is 2.18. The number of rotatable bonds is 5. The number of benzene rings is 1. The van der Waals surface area contributed by atoms with Crippen LogP contribution in [0.4, 0.5) is 4.39 Å². The lowest BCUT2D eigenvalue weighted by Gasteiger charge is -2.22. The highest BCUT2D eigenvalue weighted by molar-refractivity contribution is 7.91. The molecular formula is C16H24FN3O2S. The molecule has 23 heavy (non-hydrogen) atoms. The maximum absolute atomic E-state index is 13.0. The summed E-state index contributed by atoms with van der Waals surface area (Å²) in [5.74, 6) is 1.10. The van der Waals surface area contributed by atoms with E-state index in [4.69, 9.17) is 0 Å². The average Bonchev–Trinajstić information content (AvgIpc) is 2.85. The van der Waals surface area contributed by atoms with E-state index in [1.54, 1.807) is 12.1 Å². The van der Waals surface area contributed by atoms with Crippen LogP contribution in [0.3, 0.4) is 0 Å². The molecule has 0 aromatic heterocycles. The van der Waals surface area contributed by atoms with E-state index in [9.17, 15) is 12.8 Å². The van der Waals surface area contributed by atoms with Gasteiger partial charge >= 0.3 is 0 Å². The summed E-state index contributed by atoms with van der Waals surface area (Å²) in [4.78, 5) is 6.53. The van der Waals surface area contributed by atoms with E-state index in [1.807, 2.05) is 18.9 Å². The Morgan fingerprint density at radius 3 is 2.65 bits per heavy atom. The summed E-state index contributed by atoms with van der Waals surface area (Å²) in [7, 11) is -0.954. The van der Waals surface area contributed by atoms with Crippen molar-refractivity contribution >= 4 is 15.8 Å². The van der Waals surface area contributed by atoms with Crippen molar-refractivity contribution in [3.8, 4) is 0 Å². The lowest BCUT2D eigenvalue weighted by molar-refractivity contribution is 0.472. The molecule has 0 aliphatic carbocycles. The molecule has 128 valence electrons. The van der Waals surface area contributed by atoms with E-state index in [2.05, 4.69) is 10.3 Å². The Bertz CT molecular complexity index is 644. The van der Waals surface area contributed by atoms with Crippen LogP contribution in [-0.4, -0.2) is 50.9 Å². The minimum atomic E-state index is -2.87. The second-order valence-electron chi connectivity index (χ2n) is 5.95. The third kappa shape index (κ3) is 5.49. The molecule has 7 heteroatoms. The summed E-state index contributed by atoms with van der Waals surface area (Å²) in [5, 5.41) is 3.21. The fraction of sp³-hybridized carbons (Fsp3) is 0.562. The van der Waals surface area contributed by atoms with Gasteiger partial charge in [0.2, 0.25) is 0 Å². The molecule has 1 aliphatic rings. The molecule has 1 aliphatic heterocycles. The minimum absolute atomic E-state index is 0.105. The Morgan fingerprint density at radius 2 is 2.09 bits per heavy atom. The number of sulfone groups is 1. The average molecular weight is 341 g/mol. The molecule has 0 amide bonds. The first-order valence-corrected chi connectivity index (χ1v) is 9.66. The number of hydrogen-bond donors (Lipinski definition) is 1. The third-order valence-corrected chi connectivity index (χ3v) is 5.69. The van der Waals surface area contributed by atoms with Crippen LogP contribution in [0.25, 0.3) is 0 Å². The second-order valence-corrected chi connectivity index (χ2v) is 8.17. The molecule has 1 heterocycles. The van der Waals surface area contributed by atoms with Gasteiger partial charge in [-0.05, 0) is 37.0 Å². The van der Waals surface area contributed by atoms with Gasteiger partial charge < -0.3 is 10.2 Å². The number of nitrogens with zero attached hydrogens (tertiary/aromatic N) is 2. The molecule has 0 bridgehead atoms. The minimum Gasteiger partial charge on any atom is -0.357 e. The number of halogens is 1. The summed E-state index contributed by atoms with van der Waals surface area (Å²) in [6.45, 7) is 3.83. The molecule has 0 spiro atoms. The van der Waals surface area contributed by atoms with Gasteiger partial charge in [-0.15, -0.1) is 0 Å². The van der Waals surface area contributed by atoms with Crippen LogP contribution in [-0.2, 0) is 16.4 Å². The van der Waals surface area contributed by atoms with Crippen LogP contribution in [0.2, 0.25) is 0 Å². The van der Waals surface area contributed by atoms with Gasteiger partial charge in [0.1, 0.15) is 5.82 Å². The zero-order chi connectivity index (χ0) is 16.9. The van der Waals surface area contributed by atoms with E-state index in [0.717, 1.165) is 18.1 Å². The van der Waals surface area contributed by atoms with E-state index < -0.39 is 9.84 Å². The van der Waals surface area contributed by atoms with Gasteiger partial charge in [0.15, 0.2) is 15.8 Å². The lowest BCUT2D eigenvalue weighted by atomic mass is 10.1. The molecular weight excluding hydrogens is 317 g/mol. The fourth-order valence-corrected chi connectivity index (χ4v) is 4.49. The third-order valence-electron chi connectivity index (χ3n) is 3.86. The zero-order valence-electron chi connectivity index (χ0n) is 13.6. The molecule has 1 aromatic carbocycles. The fourth-order valence-electron chi connectivity index (χ4n) is 2.64. The standard InChI is InChI=1S/C16H24FN3O2S/c1-3-18-16(19-10-14-8-9-23(21,22)12-14)20(2)11-13-4-6-15(17)7-5-13/h4-7,14H,3,8-12H2,1-2H3,(H,18,19). The first-order valence-electron chi connectivity index (χ1n) is 7.84. The van der Waals surface area contributed by atoms with Gasteiger partial charge in [-0.25, -0.2) is 12.8 Å². The van der Waals surface area contributed by atoms with Crippen molar-refractivity contribution in [2.24, 2.45) is 10.9 Å². The molecule has 5 nitrogen and oxygen atoms in total. The quantitative estimate of drug-likeness (QED) is 0.654. The highest BCUT2D eigenvalue weighted by atomic mass is 32.2. The second kappa shape index (κ2) is 7.77. The number of aliphatic imine (C=N–C) groups is 1. The van der Waals surface area contributed by atoms with Crippen molar-refractivity contribution < 1.29 is 12.8 Å². The summed E-state index contributed by atoms with van der Waals surface area (Å²) in [6.07, 6.45) is 0.687. The van der Waals surface area contributed by atoms with Crippen LogP contribution in [0.1, 0.15) is 18.9 Å². The summed E-state index contributed by atoms with van der Waals surface area (Å²) >= 11 is 0. The highest BCUT2D eigenvalue weighted by Gasteiger charge is 2.27. The predicted molar refractivity (Wildman–Crippen MR) is 90.6 cm³/mol. The number of hydrogen-bond acceptors (Lipinski definition) is 3. The van der Waals surface area contributed by atoms with Gasteiger partial charge in [0.25, 0.3) is 0 Å². The van der Waals surface area contributed by atoms with Crippen molar-refractivity contribution in [3.05, 3.63) is 35.6 Å². The van der Waals surface area contributed by atoms with Crippen LogP contribution < -0.4 is 5.32 Å². The van der Waals surface area contributed by atoms with E-state index in [-0.39, 0.29) is 23.2 Å². The summed E-state index contributed by atoms with van der Waals surface area (Å²) in [5.41, 5.74) is 0.989. The maximum Gasteiger partial charge on any atom is 0.193 e. The van der Waals surface area contributed by atoms with Gasteiger partial charge in [0.05, 0.1) is 11.5 Å².